The van der Waals surface area contributed by atoms with E-state index >= 15 is 0 Å². The predicted molar refractivity (Wildman–Crippen MR) is 58.5 cm³/mol. The van der Waals surface area contributed by atoms with Crippen LogP contribution in [0.4, 0.5) is 0 Å². The fraction of sp³-hybridized carbons (Fsp3) is 0.909. The normalized spacial score (nSPS) is 12.5. The minimum absolute atomic E-state index is 0.0743. The van der Waals surface area contributed by atoms with E-state index in [1.807, 2.05) is 0 Å². The first-order valence-corrected chi connectivity index (χ1v) is 5.31. The van der Waals surface area contributed by atoms with Crippen molar-refractivity contribution in [2.75, 3.05) is 6.54 Å². The van der Waals surface area contributed by atoms with Crippen molar-refractivity contribution in [1.82, 2.24) is 4.90 Å². The van der Waals surface area contributed by atoms with Crippen LogP contribution in [0, 0.1) is 0 Å². The largest absolute Gasteiger partial charge is 0.480 e. The molecule has 0 heterocycles. The topological polar surface area (TPSA) is 40.5 Å². The molecule has 0 aliphatic rings. The van der Waals surface area contributed by atoms with Gasteiger partial charge in [-0.3, -0.25) is 9.69 Å². The number of carbonyl (C=O) groups is 1. The molecular formula is C11H23NO2. The van der Waals surface area contributed by atoms with Gasteiger partial charge in [0.2, 0.25) is 0 Å². The summed E-state index contributed by atoms with van der Waals surface area (Å²) in [6.45, 7) is 10.5. The van der Waals surface area contributed by atoms with E-state index in [2.05, 4.69) is 39.5 Å². The zero-order valence-corrected chi connectivity index (χ0v) is 10.0. The van der Waals surface area contributed by atoms with Gasteiger partial charge in [-0.25, -0.2) is 0 Å². The lowest BCUT2D eigenvalue weighted by molar-refractivity contribution is -0.140. The van der Waals surface area contributed by atoms with Gasteiger partial charge in [0.1, 0.15) is 0 Å². The minimum Gasteiger partial charge on any atom is -0.480 e. The maximum atomic E-state index is 10.8. The Bertz CT molecular complexity index is 180. The lowest BCUT2D eigenvalue weighted by atomic mass is 10.00. The molecule has 0 amide bonds. The van der Waals surface area contributed by atoms with E-state index in [4.69, 9.17) is 5.11 Å². The first-order chi connectivity index (χ1) is 6.32. The highest BCUT2D eigenvalue weighted by atomic mass is 16.4. The molecule has 0 aliphatic carbocycles. The number of carboxylic acids is 1. The molecule has 0 bridgehead atoms. The molecule has 0 unspecified atom stereocenters. The quantitative estimate of drug-likeness (QED) is 0.742. The Kier molecular flexibility index (Phi) is 5.13. The molecule has 0 atom stereocenters. The van der Waals surface area contributed by atoms with Gasteiger partial charge in [0.05, 0.1) is 6.54 Å². The van der Waals surface area contributed by atoms with Crippen molar-refractivity contribution in [3.8, 4) is 0 Å². The molecule has 0 aliphatic heterocycles. The minimum atomic E-state index is -0.744. The molecule has 0 saturated carbocycles. The van der Waals surface area contributed by atoms with Crippen LogP contribution < -0.4 is 0 Å². The van der Waals surface area contributed by atoms with Crippen LogP contribution in [0.2, 0.25) is 0 Å². The van der Waals surface area contributed by atoms with Gasteiger partial charge in [-0.05, 0) is 33.6 Å². The van der Waals surface area contributed by atoms with Crippen LogP contribution in [0.25, 0.3) is 0 Å². The van der Waals surface area contributed by atoms with Gasteiger partial charge in [0.25, 0.3) is 0 Å². The SMILES string of the molecule is CCC(CC)N(CC(=O)O)C(C)(C)C. The average molecular weight is 201 g/mol. The summed E-state index contributed by atoms with van der Waals surface area (Å²) >= 11 is 0. The van der Waals surface area contributed by atoms with E-state index in [1.54, 1.807) is 0 Å². The molecule has 1 N–H and O–H groups in total. The number of nitrogens with zero attached hydrogens (tertiary/aromatic N) is 1. The number of rotatable bonds is 5. The van der Waals surface area contributed by atoms with Gasteiger partial charge in [0.15, 0.2) is 0 Å². The van der Waals surface area contributed by atoms with E-state index in [1.165, 1.54) is 0 Å². The van der Waals surface area contributed by atoms with Gasteiger partial charge < -0.3 is 5.11 Å². The third kappa shape index (κ3) is 4.09. The van der Waals surface area contributed by atoms with Crippen LogP contribution in [0.15, 0.2) is 0 Å². The zero-order chi connectivity index (χ0) is 11.4. The van der Waals surface area contributed by atoms with Crippen molar-refractivity contribution in [1.29, 1.82) is 0 Å². The van der Waals surface area contributed by atoms with Crippen molar-refractivity contribution in [2.45, 2.75) is 59.0 Å². The first-order valence-electron chi connectivity index (χ1n) is 5.31. The standard InChI is InChI=1S/C11H23NO2/c1-6-9(7-2)12(8-10(13)14)11(3,4)5/h9H,6-8H2,1-5H3,(H,13,14). The average Bonchev–Trinajstić information content (AvgIpc) is 2.02. The summed E-state index contributed by atoms with van der Waals surface area (Å²) in [7, 11) is 0. The van der Waals surface area contributed by atoms with Gasteiger partial charge in [0, 0.05) is 11.6 Å². The van der Waals surface area contributed by atoms with E-state index in [9.17, 15) is 4.79 Å². The number of hydrogen-bond donors (Lipinski definition) is 1. The van der Waals surface area contributed by atoms with E-state index in [-0.39, 0.29) is 12.1 Å². The maximum Gasteiger partial charge on any atom is 0.317 e. The monoisotopic (exact) mass is 201 g/mol. The first kappa shape index (κ1) is 13.4. The van der Waals surface area contributed by atoms with Crippen LogP contribution in [-0.2, 0) is 4.79 Å². The number of carboxylic acid groups (broad SMARTS) is 1. The van der Waals surface area contributed by atoms with Gasteiger partial charge >= 0.3 is 5.97 Å². The molecule has 3 heteroatoms. The Morgan fingerprint density at radius 2 is 1.71 bits per heavy atom. The van der Waals surface area contributed by atoms with Crippen LogP contribution >= 0.6 is 0 Å². The number of hydrogen-bond acceptors (Lipinski definition) is 2. The van der Waals surface area contributed by atoms with Crippen molar-refractivity contribution >= 4 is 5.97 Å². The lowest BCUT2D eigenvalue weighted by Gasteiger charge is -2.40. The summed E-state index contributed by atoms with van der Waals surface area (Å²) in [5.74, 6) is -0.744. The second-order valence-corrected chi connectivity index (χ2v) is 4.66. The Labute approximate surface area is 87.1 Å². The van der Waals surface area contributed by atoms with Crippen LogP contribution in [0.1, 0.15) is 47.5 Å². The maximum absolute atomic E-state index is 10.8. The van der Waals surface area contributed by atoms with Crippen LogP contribution in [-0.4, -0.2) is 34.1 Å². The van der Waals surface area contributed by atoms with Gasteiger partial charge in [-0.2, -0.15) is 0 Å². The molecule has 0 saturated heterocycles. The summed E-state index contributed by atoms with van der Waals surface area (Å²) in [5.41, 5.74) is -0.0743. The molecular weight excluding hydrogens is 178 g/mol. The third-order valence-corrected chi connectivity index (χ3v) is 2.55. The molecule has 14 heavy (non-hydrogen) atoms. The lowest BCUT2D eigenvalue weighted by Crippen LogP contribution is -2.50. The third-order valence-electron chi connectivity index (χ3n) is 2.55. The fourth-order valence-electron chi connectivity index (χ4n) is 1.79. The molecule has 0 aromatic heterocycles. The highest BCUT2D eigenvalue weighted by molar-refractivity contribution is 5.69. The molecule has 0 rings (SSSR count). The molecule has 84 valence electrons. The summed E-state index contributed by atoms with van der Waals surface area (Å²) < 4.78 is 0. The highest BCUT2D eigenvalue weighted by Gasteiger charge is 2.28. The van der Waals surface area contributed by atoms with E-state index in [0.717, 1.165) is 12.8 Å². The summed E-state index contributed by atoms with van der Waals surface area (Å²) in [4.78, 5) is 12.8. The van der Waals surface area contributed by atoms with Crippen molar-refractivity contribution in [2.24, 2.45) is 0 Å². The van der Waals surface area contributed by atoms with Crippen LogP contribution in [0.3, 0.4) is 0 Å². The smallest absolute Gasteiger partial charge is 0.317 e. The number of aliphatic carboxylic acids is 1. The molecule has 0 aromatic rings. The Morgan fingerprint density at radius 3 is 1.93 bits per heavy atom. The highest BCUT2D eigenvalue weighted by Crippen LogP contribution is 2.20. The molecule has 0 spiro atoms. The Balaban J connectivity index is 4.61. The second-order valence-electron chi connectivity index (χ2n) is 4.66. The second kappa shape index (κ2) is 5.35. The molecule has 0 aromatic carbocycles. The summed E-state index contributed by atoms with van der Waals surface area (Å²) in [6.07, 6.45) is 2.00. The van der Waals surface area contributed by atoms with Crippen molar-refractivity contribution in [3.05, 3.63) is 0 Å². The van der Waals surface area contributed by atoms with E-state index < -0.39 is 5.97 Å². The van der Waals surface area contributed by atoms with Gasteiger partial charge in [-0.15, -0.1) is 0 Å². The van der Waals surface area contributed by atoms with Crippen molar-refractivity contribution < 1.29 is 9.90 Å². The zero-order valence-electron chi connectivity index (χ0n) is 10.0. The summed E-state index contributed by atoms with van der Waals surface area (Å²) in [5, 5.41) is 8.85. The Hall–Kier alpha value is -0.570. The Morgan fingerprint density at radius 1 is 1.29 bits per heavy atom. The van der Waals surface area contributed by atoms with E-state index in [0.29, 0.717) is 6.04 Å². The van der Waals surface area contributed by atoms with Crippen molar-refractivity contribution in [3.63, 3.8) is 0 Å². The fourth-order valence-corrected chi connectivity index (χ4v) is 1.79. The van der Waals surface area contributed by atoms with Gasteiger partial charge in [-0.1, -0.05) is 13.8 Å². The predicted octanol–water partition coefficient (Wildman–Crippen LogP) is 2.36. The van der Waals surface area contributed by atoms with Crippen LogP contribution in [0.5, 0.6) is 0 Å². The molecule has 0 fully saturated rings. The molecule has 0 radical (unpaired) electrons. The summed E-state index contributed by atoms with van der Waals surface area (Å²) in [6, 6.07) is 0.367. The molecule has 3 nitrogen and oxygen atoms in total.